The fourth-order valence-corrected chi connectivity index (χ4v) is 4.83. The lowest BCUT2D eigenvalue weighted by atomic mass is 9.84. The van der Waals surface area contributed by atoms with Gasteiger partial charge < -0.3 is 9.88 Å². The summed E-state index contributed by atoms with van der Waals surface area (Å²) in [4.78, 5) is 18.1. The van der Waals surface area contributed by atoms with Gasteiger partial charge in [0.2, 0.25) is 11.8 Å². The van der Waals surface area contributed by atoms with Gasteiger partial charge in [-0.2, -0.15) is 0 Å². The molecule has 0 unspecified atom stereocenters. The third-order valence-corrected chi connectivity index (χ3v) is 6.53. The number of H-pyrrole nitrogens is 1. The van der Waals surface area contributed by atoms with Gasteiger partial charge in [-0.3, -0.25) is 4.79 Å². The molecule has 1 saturated carbocycles. The number of hydrogen-bond acceptors (Lipinski definition) is 1. The maximum Gasteiger partial charge on any atom is 0.248 e. The number of aryl methyl sites for hydroxylation is 1. The quantitative estimate of drug-likeness (QED) is 0.781. The number of likely N-dealkylation sites (tertiary alicyclic amines) is 1. The van der Waals surface area contributed by atoms with Crippen LogP contribution in [0.3, 0.4) is 0 Å². The molecule has 146 valence electrons. The Morgan fingerprint density at radius 1 is 1.19 bits per heavy atom. The molecule has 3 nitrogen and oxygen atoms in total. The van der Waals surface area contributed by atoms with E-state index in [9.17, 15) is 13.6 Å². The molecule has 1 amide bonds. The summed E-state index contributed by atoms with van der Waals surface area (Å²) in [6.07, 6.45) is 5.39. The Kier molecular flexibility index (Phi) is 4.95. The van der Waals surface area contributed by atoms with Crippen LogP contribution in [0.5, 0.6) is 0 Å². The van der Waals surface area contributed by atoms with Crippen molar-refractivity contribution in [2.24, 2.45) is 5.92 Å². The fourth-order valence-electron chi connectivity index (χ4n) is 4.83. The number of amides is 1. The Labute approximate surface area is 159 Å². The molecule has 4 rings (SSSR count). The number of nitrogens with one attached hydrogen (secondary N) is 1. The van der Waals surface area contributed by atoms with Gasteiger partial charge in [0, 0.05) is 48.9 Å². The molecule has 1 saturated heterocycles. The highest BCUT2D eigenvalue weighted by atomic mass is 19.3. The van der Waals surface area contributed by atoms with Gasteiger partial charge in [-0.05, 0) is 49.1 Å². The summed E-state index contributed by atoms with van der Waals surface area (Å²) in [7, 11) is 0. The number of carbonyl (C=O) groups is 1. The molecular formula is C22H28F2N2O. The Balaban J connectivity index is 1.40. The minimum Gasteiger partial charge on any atom is -0.361 e. The maximum absolute atomic E-state index is 13.3. The van der Waals surface area contributed by atoms with Crippen molar-refractivity contribution in [3.8, 4) is 0 Å². The van der Waals surface area contributed by atoms with Gasteiger partial charge in [-0.15, -0.1) is 0 Å². The molecule has 0 radical (unpaired) electrons. The molecule has 5 heteroatoms. The van der Waals surface area contributed by atoms with E-state index in [-0.39, 0.29) is 24.7 Å². The average Bonchev–Trinajstić information content (AvgIpc) is 3.12. The van der Waals surface area contributed by atoms with E-state index in [1.54, 1.807) is 0 Å². The van der Waals surface area contributed by atoms with Gasteiger partial charge in [0.1, 0.15) is 0 Å². The molecule has 1 aromatic carbocycles. The summed E-state index contributed by atoms with van der Waals surface area (Å²) in [5.41, 5.74) is 3.92. The van der Waals surface area contributed by atoms with E-state index in [4.69, 9.17) is 0 Å². The van der Waals surface area contributed by atoms with Crippen LogP contribution >= 0.6 is 0 Å². The Hall–Kier alpha value is -1.91. The number of piperidine rings is 1. The van der Waals surface area contributed by atoms with Gasteiger partial charge in [0.25, 0.3) is 0 Å². The molecule has 1 aromatic heterocycles. The molecule has 0 bridgehead atoms. The number of hydrogen-bond donors (Lipinski definition) is 1. The third kappa shape index (κ3) is 3.61. The second kappa shape index (κ2) is 7.25. The largest absolute Gasteiger partial charge is 0.361 e. The standard InChI is InChI=1S/C22H28F2N2O/c1-2-15-4-3-5-18-19(14-25-20(15)18)16-8-12-26(13-9-16)21(27)17-6-10-22(23,24)11-7-17/h3-5,14,16-17,25H,2,6-13H2,1H3. The van der Waals surface area contributed by atoms with Crippen LogP contribution in [-0.2, 0) is 11.2 Å². The van der Waals surface area contributed by atoms with E-state index in [2.05, 4.69) is 36.3 Å². The summed E-state index contributed by atoms with van der Waals surface area (Å²) >= 11 is 0. The van der Waals surface area contributed by atoms with E-state index in [1.807, 2.05) is 4.90 Å². The van der Waals surface area contributed by atoms with Crippen LogP contribution < -0.4 is 0 Å². The van der Waals surface area contributed by atoms with Gasteiger partial charge >= 0.3 is 0 Å². The van der Waals surface area contributed by atoms with Crippen LogP contribution in [0.1, 0.15) is 62.5 Å². The van der Waals surface area contributed by atoms with Gasteiger partial charge in [-0.1, -0.05) is 25.1 Å². The zero-order chi connectivity index (χ0) is 19.0. The molecule has 2 aliphatic rings. The summed E-state index contributed by atoms with van der Waals surface area (Å²) in [6.45, 7) is 3.63. The molecule has 2 heterocycles. The van der Waals surface area contributed by atoms with E-state index in [0.717, 1.165) is 32.4 Å². The lowest BCUT2D eigenvalue weighted by Gasteiger charge is -2.36. The predicted octanol–water partition coefficient (Wildman–Crippen LogP) is 5.26. The molecule has 2 fully saturated rings. The highest BCUT2D eigenvalue weighted by Gasteiger charge is 2.39. The highest BCUT2D eigenvalue weighted by molar-refractivity contribution is 5.86. The molecular weight excluding hydrogens is 346 g/mol. The summed E-state index contributed by atoms with van der Waals surface area (Å²) in [6, 6.07) is 6.47. The topological polar surface area (TPSA) is 36.1 Å². The fraction of sp³-hybridized carbons (Fsp3) is 0.591. The number of aromatic amines is 1. The van der Waals surface area contributed by atoms with Crippen LogP contribution in [0.2, 0.25) is 0 Å². The summed E-state index contributed by atoms with van der Waals surface area (Å²) in [5, 5.41) is 1.30. The van der Waals surface area contributed by atoms with Crippen LogP contribution in [-0.4, -0.2) is 34.8 Å². The number of fused-ring (bicyclic) bond motifs is 1. The molecule has 1 N–H and O–H groups in total. The van der Waals surface area contributed by atoms with Crippen molar-refractivity contribution in [3.63, 3.8) is 0 Å². The van der Waals surface area contributed by atoms with Crippen LogP contribution in [0.25, 0.3) is 10.9 Å². The van der Waals surface area contributed by atoms with Crippen molar-refractivity contribution in [3.05, 3.63) is 35.5 Å². The first-order valence-electron chi connectivity index (χ1n) is 10.2. The van der Waals surface area contributed by atoms with E-state index in [0.29, 0.717) is 18.8 Å². The number of aromatic nitrogens is 1. The highest BCUT2D eigenvalue weighted by Crippen LogP contribution is 2.38. The number of rotatable bonds is 3. The Morgan fingerprint density at radius 3 is 2.56 bits per heavy atom. The van der Waals surface area contributed by atoms with Crippen LogP contribution in [0, 0.1) is 5.92 Å². The second-order valence-electron chi connectivity index (χ2n) is 8.17. The lowest BCUT2D eigenvalue weighted by Crippen LogP contribution is -2.43. The molecule has 1 aliphatic carbocycles. The number of para-hydroxylation sites is 1. The first-order valence-corrected chi connectivity index (χ1v) is 10.2. The molecule has 1 aliphatic heterocycles. The second-order valence-corrected chi connectivity index (χ2v) is 8.17. The molecule has 0 atom stereocenters. The zero-order valence-corrected chi connectivity index (χ0v) is 15.9. The predicted molar refractivity (Wildman–Crippen MR) is 103 cm³/mol. The van der Waals surface area contributed by atoms with Gasteiger partial charge in [0.15, 0.2) is 0 Å². The Morgan fingerprint density at radius 2 is 1.89 bits per heavy atom. The normalized spacial score (nSPS) is 21.7. The van der Waals surface area contributed by atoms with E-state index >= 15 is 0 Å². The first-order chi connectivity index (χ1) is 13.0. The number of benzene rings is 1. The first kappa shape index (κ1) is 18.5. The SMILES string of the molecule is CCc1cccc2c(C3CCN(C(=O)C4CCC(F)(F)CC4)CC3)c[nH]c12. The molecule has 2 aromatic rings. The van der Waals surface area contributed by atoms with Crippen LogP contribution in [0.4, 0.5) is 8.78 Å². The van der Waals surface area contributed by atoms with Crippen molar-refractivity contribution < 1.29 is 13.6 Å². The van der Waals surface area contributed by atoms with Gasteiger partial charge in [-0.25, -0.2) is 8.78 Å². The van der Waals surface area contributed by atoms with Crippen molar-refractivity contribution in [1.29, 1.82) is 0 Å². The molecule has 0 spiro atoms. The van der Waals surface area contributed by atoms with Crippen molar-refractivity contribution >= 4 is 16.8 Å². The number of alkyl halides is 2. The zero-order valence-electron chi connectivity index (χ0n) is 15.9. The monoisotopic (exact) mass is 374 g/mol. The smallest absolute Gasteiger partial charge is 0.248 e. The number of carbonyl (C=O) groups excluding carboxylic acids is 1. The minimum atomic E-state index is -2.57. The minimum absolute atomic E-state index is 0.0937. The van der Waals surface area contributed by atoms with E-state index in [1.165, 1.54) is 22.0 Å². The molecule has 27 heavy (non-hydrogen) atoms. The average molecular weight is 374 g/mol. The van der Waals surface area contributed by atoms with Crippen molar-refractivity contribution in [2.75, 3.05) is 13.1 Å². The van der Waals surface area contributed by atoms with E-state index < -0.39 is 5.92 Å². The van der Waals surface area contributed by atoms with Crippen molar-refractivity contribution in [1.82, 2.24) is 9.88 Å². The number of halogens is 2. The lowest BCUT2D eigenvalue weighted by molar-refractivity contribution is -0.140. The summed E-state index contributed by atoms with van der Waals surface area (Å²) < 4.78 is 26.7. The number of nitrogens with zero attached hydrogens (tertiary/aromatic N) is 1. The Bertz CT molecular complexity index is 811. The third-order valence-electron chi connectivity index (χ3n) is 6.53. The van der Waals surface area contributed by atoms with Crippen LogP contribution in [0.15, 0.2) is 24.4 Å². The van der Waals surface area contributed by atoms with Crippen molar-refractivity contribution in [2.45, 2.75) is 63.7 Å². The van der Waals surface area contributed by atoms with Gasteiger partial charge in [0.05, 0.1) is 0 Å². The summed E-state index contributed by atoms with van der Waals surface area (Å²) in [5.74, 6) is -2.24. The maximum atomic E-state index is 13.3.